The molecule has 2 aromatic heterocycles. The van der Waals surface area contributed by atoms with Crippen LogP contribution in [-0.4, -0.2) is 66.3 Å². The largest absolute Gasteiger partial charge is 0.376 e. The van der Waals surface area contributed by atoms with E-state index in [1.54, 1.807) is 6.20 Å². The lowest BCUT2D eigenvalue weighted by atomic mass is 9.98. The van der Waals surface area contributed by atoms with E-state index in [-0.39, 0.29) is 18.2 Å². The van der Waals surface area contributed by atoms with Gasteiger partial charge in [-0.05, 0) is 31.7 Å². The lowest BCUT2D eigenvalue weighted by molar-refractivity contribution is 0.00605. The number of sulfonamides is 1. The summed E-state index contributed by atoms with van der Waals surface area (Å²) < 4.78 is 47.3. The number of nitrogens with zero attached hydrogens (tertiary/aromatic N) is 5. The summed E-state index contributed by atoms with van der Waals surface area (Å²) in [6.07, 6.45) is 8.41. The van der Waals surface area contributed by atoms with Crippen molar-refractivity contribution in [2.24, 2.45) is 0 Å². The van der Waals surface area contributed by atoms with Gasteiger partial charge in [-0.3, -0.25) is 4.68 Å². The molecule has 158 valence electrons. The molecule has 2 aromatic rings. The van der Waals surface area contributed by atoms with E-state index >= 15 is 0 Å². The van der Waals surface area contributed by atoms with Crippen molar-refractivity contribution in [3.8, 4) is 0 Å². The van der Waals surface area contributed by atoms with Gasteiger partial charge in [0.25, 0.3) is 0 Å². The average Bonchev–Trinajstić information content (AvgIpc) is 3.16. The van der Waals surface area contributed by atoms with Crippen molar-refractivity contribution in [2.45, 2.75) is 43.9 Å². The first kappa shape index (κ1) is 20.2. The van der Waals surface area contributed by atoms with Crippen LogP contribution in [0.4, 0.5) is 10.3 Å². The van der Waals surface area contributed by atoms with Crippen molar-refractivity contribution in [3.63, 3.8) is 0 Å². The van der Waals surface area contributed by atoms with E-state index in [0.717, 1.165) is 38.0 Å². The van der Waals surface area contributed by atoms with E-state index in [4.69, 9.17) is 4.74 Å². The van der Waals surface area contributed by atoms with Crippen LogP contribution in [0, 0.1) is 5.82 Å². The maximum atomic E-state index is 13.0. The number of hydrogen-bond donors (Lipinski definition) is 1. The van der Waals surface area contributed by atoms with Gasteiger partial charge >= 0.3 is 0 Å². The molecule has 0 radical (unpaired) electrons. The molecule has 0 aromatic carbocycles. The standard InChI is InChI=1S/C18H25FN6O3S/c1-29(26,27)23-16-3-2-14-4-7-22-25(14)17(16)12-28-15-5-8-24(9-6-15)18-20-10-13(19)11-21-18/h4,7,10-11,15-17,23H,2-3,5-6,8-9,12H2,1H3/t16-,17-/m0/s1. The molecule has 0 saturated carbocycles. The Morgan fingerprint density at radius 2 is 1.97 bits per heavy atom. The fraction of sp³-hybridized carbons (Fsp3) is 0.611. The second-order valence-corrected chi connectivity index (χ2v) is 9.37. The van der Waals surface area contributed by atoms with Gasteiger partial charge in [0.15, 0.2) is 5.82 Å². The summed E-state index contributed by atoms with van der Waals surface area (Å²) >= 11 is 0. The van der Waals surface area contributed by atoms with E-state index in [0.29, 0.717) is 19.0 Å². The van der Waals surface area contributed by atoms with Crippen LogP contribution in [0.2, 0.25) is 0 Å². The second-order valence-electron chi connectivity index (χ2n) is 7.59. The van der Waals surface area contributed by atoms with Gasteiger partial charge in [0.2, 0.25) is 16.0 Å². The summed E-state index contributed by atoms with van der Waals surface area (Å²) in [5, 5.41) is 4.39. The minimum atomic E-state index is -3.32. The van der Waals surface area contributed by atoms with Gasteiger partial charge in [-0.1, -0.05) is 0 Å². The molecule has 0 aliphatic carbocycles. The average molecular weight is 425 g/mol. The smallest absolute Gasteiger partial charge is 0.225 e. The van der Waals surface area contributed by atoms with E-state index in [9.17, 15) is 12.8 Å². The van der Waals surface area contributed by atoms with Crippen LogP contribution in [-0.2, 0) is 21.2 Å². The number of aryl methyl sites for hydroxylation is 1. The minimum absolute atomic E-state index is 0.0616. The Kier molecular flexibility index (Phi) is 5.79. The number of rotatable bonds is 6. The molecular weight excluding hydrogens is 399 g/mol. The molecule has 9 nitrogen and oxygen atoms in total. The molecule has 1 fully saturated rings. The molecule has 11 heteroatoms. The summed E-state index contributed by atoms with van der Waals surface area (Å²) in [5.74, 6) is 0.0745. The molecule has 0 amide bonds. The van der Waals surface area contributed by atoms with Crippen molar-refractivity contribution < 1.29 is 17.5 Å². The Morgan fingerprint density at radius 3 is 2.66 bits per heavy atom. The van der Waals surface area contributed by atoms with Crippen LogP contribution in [0.1, 0.15) is 31.0 Å². The van der Waals surface area contributed by atoms with Crippen LogP contribution in [0.3, 0.4) is 0 Å². The number of nitrogens with one attached hydrogen (secondary N) is 1. The molecule has 2 aliphatic rings. The molecule has 4 rings (SSSR count). The van der Waals surface area contributed by atoms with Gasteiger partial charge in [0.1, 0.15) is 0 Å². The van der Waals surface area contributed by atoms with Crippen LogP contribution in [0.5, 0.6) is 0 Å². The first-order valence-electron chi connectivity index (χ1n) is 9.73. The predicted molar refractivity (Wildman–Crippen MR) is 105 cm³/mol. The number of anilines is 1. The van der Waals surface area contributed by atoms with Gasteiger partial charge < -0.3 is 9.64 Å². The highest BCUT2D eigenvalue weighted by Gasteiger charge is 2.33. The van der Waals surface area contributed by atoms with Gasteiger partial charge in [0.05, 0.1) is 37.4 Å². The molecule has 29 heavy (non-hydrogen) atoms. The fourth-order valence-corrected chi connectivity index (χ4v) is 4.85. The third-order valence-electron chi connectivity index (χ3n) is 5.44. The monoisotopic (exact) mass is 424 g/mol. The summed E-state index contributed by atoms with van der Waals surface area (Å²) in [6, 6.07) is 1.54. The zero-order valence-electron chi connectivity index (χ0n) is 16.2. The Balaban J connectivity index is 1.36. The van der Waals surface area contributed by atoms with Crippen molar-refractivity contribution in [2.75, 3.05) is 30.9 Å². The number of hydrogen-bond acceptors (Lipinski definition) is 7. The van der Waals surface area contributed by atoms with Gasteiger partial charge in [-0.25, -0.2) is 27.5 Å². The van der Waals surface area contributed by atoms with Crippen LogP contribution < -0.4 is 9.62 Å². The van der Waals surface area contributed by atoms with E-state index in [2.05, 4.69) is 19.8 Å². The lowest BCUT2D eigenvalue weighted by Crippen LogP contribution is -2.47. The van der Waals surface area contributed by atoms with E-state index < -0.39 is 15.8 Å². The normalized spacial score (nSPS) is 23.2. The number of aromatic nitrogens is 4. The zero-order chi connectivity index (χ0) is 20.4. The summed E-state index contributed by atoms with van der Waals surface area (Å²) in [4.78, 5) is 10.1. The molecule has 0 bridgehead atoms. The molecule has 2 atom stereocenters. The quantitative estimate of drug-likeness (QED) is 0.735. The highest BCUT2D eigenvalue weighted by molar-refractivity contribution is 7.88. The fourth-order valence-electron chi connectivity index (χ4n) is 4.03. The first-order chi connectivity index (χ1) is 13.9. The Labute approximate surface area is 169 Å². The Hall–Kier alpha value is -2.11. The van der Waals surface area contributed by atoms with Crippen molar-refractivity contribution >= 4 is 16.0 Å². The van der Waals surface area contributed by atoms with Gasteiger partial charge in [-0.2, -0.15) is 5.10 Å². The van der Waals surface area contributed by atoms with Crippen LogP contribution in [0.15, 0.2) is 24.7 Å². The lowest BCUT2D eigenvalue weighted by Gasteiger charge is -2.36. The van der Waals surface area contributed by atoms with Crippen molar-refractivity contribution in [3.05, 3.63) is 36.2 Å². The minimum Gasteiger partial charge on any atom is -0.376 e. The SMILES string of the molecule is CS(=O)(=O)N[C@H]1CCc2ccnn2[C@H]1COC1CCN(c2ncc(F)cn2)CC1. The highest BCUT2D eigenvalue weighted by Crippen LogP contribution is 2.27. The van der Waals surface area contributed by atoms with E-state index in [1.807, 2.05) is 15.6 Å². The van der Waals surface area contributed by atoms with Crippen molar-refractivity contribution in [1.29, 1.82) is 0 Å². The molecule has 4 heterocycles. The Bertz CT molecular complexity index is 927. The molecule has 1 N–H and O–H groups in total. The molecule has 0 spiro atoms. The molecule has 2 aliphatic heterocycles. The number of piperidine rings is 1. The number of fused-ring (bicyclic) bond motifs is 1. The third-order valence-corrected chi connectivity index (χ3v) is 6.17. The van der Waals surface area contributed by atoms with Crippen LogP contribution >= 0.6 is 0 Å². The van der Waals surface area contributed by atoms with Gasteiger partial charge in [-0.15, -0.1) is 0 Å². The second kappa shape index (κ2) is 8.33. The number of ether oxygens (including phenoxy) is 1. The van der Waals surface area contributed by atoms with Crippen molar-refractivity contribution in [1.82, 2.24) is 24.5 Å². The van der Waals surface area contributed by atoms with E-state index in [1.165, 1.54) is 18.6 Å². The molecular formula is C18H25FN6O3S. The predicted octanol–water partition coefficient (Wildman–Crippen LogP) is 0.903. The Morgan fingerprint density at radius 1 is 1.24 bits per heavy atom. The third kappa shape index (κ3) is 4.90. The first-order valence-corrected chi connectivity index (χ1v) is 11.6. The summed E-state index contributed by atoms with van der Waals surface area (Å²) in [6.45, 7) is 1.83. The van der Waals surface area contributed by atoms with Crippen LogP contribution in [0.25, 0.3) is 0 Å². The molecule has 0 unspecified atom stereocenters. The summed E-state index contributed by atoms with van der Waals surface area (Å²) in [5.41, 5.74) is 1.09. The maximum Gasteiger partial charge on any atom is 0.225 e. The maximum absolute atomic E-state index is 13.0. The van der Waals surface area contributed by atoms with Gasteiger partial charge in [0, 0.05) is 31.0 Å². The molecule has 1 saturated heterocycles. The zero-order valence-corrected chi connectivity index (χ0v) is 17.1. The number of halogens is 1. The summed E-state index contributed by atoms with van der Waals surface area (Å²) in [7, 11) is -3.32. The topological polar surface area (TPSA) is 102 Å². The highest BCUT2D eigenvalue weighted by atomic mass is 32.2.